The van der Waals surface area contributed by atoms with Gasteiger partial charge in [-0.1, -0.05) is 31.6 Å². The molecule has 0 radical (unpaired) electrons. The first-order valence-electron chi connectivity index (χ1n) is 6.30. The highest BCUT2D eigenvalue weighted by atomic mass is 16.1. The van der Waals surface area contributed by atoms with Crippen LogP contribution in [0.5, 0.6) is 0 Å². The molecule has 1 saturated carbocycles. The molecule has 2 aliphatic rings. The number of hydrogen-bond donors (Lipinski definition) is 0. The zero-order chi connectivity index (χ0) is 11.9. The van der Waals surface area contributed by atoms with Crippen LogP contribution in [0.1, 0.15) is 47.0 Å². The molecule has 0 amide bonds. The molecule has 0 aromatic heterocycles. The average molecular weight is 218 g/mol. The topological polar surface area (TPSA) is 17.1 Å². The molecule has 1 heteroatoms. The second-order valence-corrected chi connectivity index (χ2v) is 6.02. The Labute approximate surface area is 98.6 Å². The van der Waals surface area contributed by atoms with Gasteiger partial charge in [0.05, 0.1) is 0 Å². The van der Waals surface area contributed by atoms with Crippen LogP contribution in [-0.2, 0) is 4.79 Å². The quantitative estimate of drug-likeness (QED) is 0.563. The van der Waals surface area contributed by atoms with Crippen LogP contribution in [0.3, 0.4) is 0 Å². The summed E-state index contributed by atoms with van der Waals surface area (Å²) < 4.78 is 0. The minimum absolute atomic E-state index is 0.335. The van der Waals surface area contributed by atoms with Crippen molar-refractivity contribution in [3.05, 3.63) is 23.3 Å². The van der Waals surface area contributed by atoms with E-state index < -0.39 is 0 Å². The van der Waals surface area contributed by atoms with Crippen molar-refractivity contribution in [3.8, 4) is 0 Å². The maximum atomic E-state index is 11.9. The lowest BCUT2D eigenvalue weighted by Gasteiger charge is -2.04. The second kappa shape index (κ2) is 3.87. The highest BCUT2D eigenvalue weighted by molar-refractivity contribution is 5.95. The summed E-state index contributed by atoms with van der Waals surface area (Å²) in [5.41, 5.74) is 2.79. The van der Waals surface area contributed by atoms with Gasteiger partial charge in [-0.15, -0.1) is 0 Å². The molecule has 2 aliphatic carbocycles. The summed E-state index contributed by atoms with van der Waals surface area (Å²) >= 11 is 0. The molecule has 2 rings (SSSR count). The highest BCUT2D eigenvalue weighted by Crippen LogP contribution is 2.61. The van der Waals surface area contributed by atoms with Gasteiger partial charge in [-0.3, -0.25) is 4.79 Å². The molecule has 0 N–H and O–H groups in total. The normalized spacial score (nSPS) is 40.1. The van der Waals surface area contributed by atoms with Gasteiger partial charge < -0.3 is 0 Å². The van der Waals surface area contributed by atoms with Gasteiger partial charge >= 0.3 is 0 Å². The number of allylic oxidation sites excluding steroid dienone is 4. The SMILES string of the molecule is C/C1=C\[C@@H]2[C@H](CC(=O)/C(C)=C/CC1)C2(C)C. The Morgan fingerprint density at radius 3 is 2.69 bits per heavy atom. The largest absolute Gasteiger partial charge is 0.295 e. The number of ketones is 1. The minimum atomic E-state index is 0.335. The Morgan fingerprint density at radius 2 is 2.00 bits per heavy atom. The first-order chi connectivity index (χ1) is 7.43. The molecule has 0 spiro atoms. The van der Waals surface area contributed by atoms with Crippen molar-refractivity contribution in [1.29, 1.82) is 0 Å². The Kier molecular flexibility index (Phi) is 2.81. The van der Waals surface area contributed by atoms with Crippen molar-refractivity contribution in [2.75, 3.05) is 0 Å². The monoisotopic (exact) mass is 218 g/mol. The second-order valence-electron chi connectivity index (χ2n) is 6.02. The summed E-state index contributed by atoms with van der Waals surface area (Å²) in [6.45, 7) is 8.76. The zero-order valence-electron chi connectivity index (χ0n) is 10.8. The van der Waals surface area contributed by atoms with Gasteiger partial charge in [0.15, 0.2) is 5.78 Å². The van der Waals surface area contributed by atoms with Crippen LogP contribution in [0.15, 0.2) is 23.3 Å². The summed E-state index contributed by atoms with van der Waals surface area (Å²) in [5, 5.41) is 0. The molecule has 0 bridgehead atoms. The first-order valence-corrected chi connectivity index (χ1v) is 6.30. The van der Waals surface area contributed by atoms with E-state index >= 15 is 0 Å². The van der Waals surface area contributed by atoms with Crippen molar-refractivity contribution in [2.45, 2.75) is 47.0 Å². The van der Waals surface area contributed by atoms with Crippen LogP contribution in [-0.4, -0.2) is 5.78 Å². The molecular weight excluding hydrogens is 196 g/mol. The third kappa shape index (κ3) is 2.00. The lowest BCUT2D eigenvalue weighted by molar-refractivity contribution is -0.116. The Morgan fingerprint density at radius 1 is 1.31 bits per heavy atom. The molecule has 16 heavy (non-hydrogen) atoms. The van der Waals surface area contributed by atoms with Crippen LogP contribution >= 0.6 is 0 Å². The minimum Gasteiger partial charge on any atom is -0.295 e. The molecule has 0 saturated heterocycles. The molecule has 0 aliphatic heterocycles. The van der Waals surface area contributed by atoms with Crippen molar-refractivity contribution in [1.82, 2.24) is 0 Å². The summed E-state index contributed by atoms with van der Waals surface area (Å²) in [6.07, 6.45) is 7.37. The summed E-state index contributed by atoms with van der Waals surface area (Å²) in [4.78, 5) is 11.9. The first kappa shape index (κ1) is 11.6. The van der Waals surface area contributed by atoms with Gasteiger partial charge in [-0.2, -0.15) is 0 Å². The molecule has 1 fully saturated rings. The van der Waals surface area contributed by atoms with E-state index in [0.717, 1.165) is 24.8 Å². The lowest BCUT2D eigenvalue weighted by Crippen LogP contribution is -2.04. The fourth-order valence-corrected chi connectivity index (χ4v) is 2.89. The lowest BCUT2D eigenvalue weighted by atomic mass is 10.00. The van der Waals surface area contributed by atoms with Crippen LogP contribution in [0.2, 0.25) is 0 Å². The van der Waals surface area contributed by atoms with Crippen LogP contribution < -0.4 is 0 Å². The predicted molar refractivity (Wildman–Crippen MR) is 67.1 cm³/mol. The Balaban J connectivity index is 2.23. The highest BCUT2D eigenvalue weighted by Gasteiger charge is 2.56. The number of carbonyl (C=O) groups excluding carboxylic acids is 1. The fraction of sp³-hybridized carbons (Fsp3) is 0.667. The molecule has 0 unspecified atom stereocenters. The number of carbonyl (C=O) groups is 1. The van der Waals surface area contributed by atoms with E-state index in [1.54, 1.807) is 0 Å². The van der Waals surface area contributed by atoms with E-state index in [4.69, 9.17) is 0 Å². The number of Topliss-reactive ketones (excluding diaryl/α,β-unsaturated/α-hetero) is 1. The van der Waals surface area contributed by atoms with Gasteiger partial charge in [-0.05, 0) is 49.5 Å². The van der Waals surface area contributed by atoms with Crippen molar-refractivity contribution >= 4 is 5.78 Å². The van der Waals surface area contributed by atoms with Crippen molar-refractivity contribution < 1.29 is 4.79 Å². The maximum absolute atomic E-state index is 11.9. The molecule has 0 aromatic carbocycles. The Bertz CT molecular complexity index is 371. The fourth-order valence-electron chi connectivity index (χ4n) is 2.89. The third-order valence-electron chi connectivity index (χ3n) is 4.44. The number of fused-ring (bicyclic) bond motifs is 1. The summed E-state index contributed by atoms with van der Waals surface area (Å²) in [7, 11) is 0. The predicted octanol–water partition coefficient (Wildman–Crippen LogP) is 3.90. The summed E-state index contributed by atoms with van der Waals surface area (Å²) in [6, 6.07) is 0. The molecule has 88 valence electrons. The van der Waals surface area contributed by atoms with E-state index in [1.807, 2.05) is 6.92 Å². The molecule has 1 nitrogen and oxygen atoms in total. The van der Waals surface area contributed by atoms with Gasteiger partial charge in [0.2, 0.25) is 0 Å². The number of rotatable bonds is 0. The van der Waals surface area contributed by atoms with E-state index in [2.05, 4.69) is 32.9 Å². The van der Waals surface area contributed by atoms with Crippen LogP contribution in [0, 0.1) is 17.3 Å². The van der Waals surface area contributed by atoms with Gasteiger partial charge in [-0.25, -0.2) is 0 Å². The molecule has 0 aromatic rings. The molecule has 0 heterocycles. The molecule has 2 atom stereocenters. The average Bonchev–Trinajstić information content (AvgIpc) is 2.68. The van der Waals surface area contributed by atoms with E-state index in [0.29, 0.717) is 23.0 Å². The molecular formula is C15H22O. The van der Waals surface area contributed by atoms with E-state index in [9.17, 15) is 4.79 Å². The van der Waals surface area contributed by atoms with E-state index in [-0.39, 0.29) is 0 Å². The van der Waals surface area contributed by atoms with Crippen LogP contribution in [0.25, 0.3) is 0 Å². The van der Waals surface area contributed by atoms with E-state index in [1.165, 1.54) is 5.57 Å². The third-order valence-corrected chi connectivity index (χ3v) is 4.44. The van der Waals surface area contributed by atoms with Gasteiger partial charge in [0.25, 0.3) is 0 Å². The van der Waals surface area contributed by atoms with Gasteiger partial charge in [0.1, 0.15) is 0 Å². The maximum Gasteiger partial charge on any atom is 0.158 e. The van der Waals surface area contributed by atoms with Crippen molar-refractivity contribution in [3.63, 3.8) is 0 Å². The van der Waals surface area contributed by atoms with Gasteiger partial charge in [0, 0.05) is 6.42 Å². The Hall–Kier alpha value is -0.850. The van der Waals surface area contributed by atoms with Crippen molar-refractivity contribution in [2.24, 2.45) is 17.3 Å². The number of hydrogen-bond acceptors (Lipinski definition) is 1. The summed E-state index contributed by atoms with van der Waals surface area (Å²) in [5.74, 6) is 1.55. The smallest absolute Gasteiger partial charge is 0.158 e. The van der Waals surface area contributed by atoms with Crippen LogP contribution in [0.4, 0.5) is 0 Å². The zero-order valence-corrected chi connectivity index (χ0v) is 10.8. The standard InChI is InChI=1S/C15H22O/c1-10-6-5-7-11(2)14(16)9-13-12(8-10)15(13,3)4/h7-8,12-13H,5-6,9H2,1-4H3/b10-8+,11-7+/t12-,13+/m1/s1.